The topological polar surface area (TPSA) is 98.8 Å². The minimum Gasteiger partial charge on any atom is -0.356 e. The molecular formula is C29H54N4O4S2. The zero-order chi connectivity index (χ0) is 28.7. The predicted octanol–water partition coefficient (Wildman–Crippen LogP) is 4.32. The molecule has 0 aromatic carbocycles. The van der Waals surface area contributed by atoms with E-state index in [9.17, 15) is 19.2 Å². The highest BCUT2D eigenvalue weighted by molar-refractivity contribution is 7.99. The number of amides is 4. The highest BCUT2D eigenvalue weighted by atomic mass is 32.2. The predicted molar refractivity (Wildman–Crippen MR) is 165 cm³/mol. The highest BCUT2D eigenvalue weighted by Gasteiger charge is 2.21. The van der Waals surface area contributed by atoms with Crippen LogP contribution in [0.3, 0.4) is 0 Å². The molecule has 0 aromatic rings. The molecule has 2 aliphatic heterocycles. The van der Waals surface area contributed by atoms with Gasteiger partial charge in [0.05, 0.1) is 5.75 Å². The third-order valence-corrected chi connectivity index (χ3v) is 8.57. The van der Waals surface area contributed by atoms with Gasteiger partial charge >= 0.3 is 0 Å². The van der Waals surface area contributed by atoms with Crippen molar-refractivity contribution in [2.45, 2.75) is 90.9 Å². The first-order chi connectivity index (χ1) is 18.9. The Morgan fingerprint density at radius 3 is 2.03 bits per heavy atom. The van der Waals surface area contributed by atoms with Crippen molar-refractivity contribution < 1.29 is 19.2 Å². The number of rotatable bonds is 15. The van der Waals surface area contributed by atoms with Gasteiger partial charge in [0, 0.05) is 69.5 Å². The van der Waals surface area contributed by atoms with Gasteiger partial charge in [-0.1, -0.05) is 39.5 Å². The number of nitrogens with zero attached hydrogens (tertiary/aromatic N) is 2. The Bertz CT molecular complexity index is 697. The van der Waals surface area contributed by atoms with Crippen molar-refractivity contribution in [1.82, 2.24) is 20.4 Å². The quantitative estimate of drug-likeness (QED) is 0.277. The van der Waals surface area contributed by atoms with Crippen LogP contribution in [-0.4, -0.2) is 96.2 Å². The number of nitrogens with one attached hydrogen (secondary N) is 2. The van der Waals surface area contributed by atoms with Crippen molar-refractivity contribution in [2.24, 2.45) is 5.92 Å². The van der Waals surface area contributed by atoms with E-state index in [0.29, 0.717) is 30.4 Å². The lowest BCUT2D eigenvalue weighted by Crippen LogP contribution is -2.40. The molecule has 0 aliphatic carbocycles. The molecule has 0 aromatic heterocycles. The summed E-state index contributed by atoms with van der Waals surface area (Å²) >= 11 is 3.46. The van der Waals surface area contributed by atoms with Crippen LogP contribution in [-0.2, 0) is 19.2 Å². The van der Waals surface area contributed by atoms with Gasteiger partial charge in [0.15, 0.2) is 0 Å². The fourth-order valence-electron chi connectivity index (χ4n) is 4.61. The van der Waals surface area contributed by atoms with Gasteiger partial charge in [-0.25, -0.2) is 0 Å². The molecule has 1 unspecified atom stereocenters. The molecule has 2 heterocycles. The number of carbonyl (C=O) groups excluding carboxylic acids is 4. The van der Waals surface area contributed by atoms with Crippen LogP contribution in [0.25, 0.3) is 0 Å². The Kier molecular flexibility index (Phi) is 21.3. The molecule has 2 rings (SSSR count). The van der Waals surface area contributed by atoms with Crippen molar-refractivity contribution in [2.75, 3.05) is 62.8 Å². The molecule has 0 spiro atoms. The SMILES string of the molecule is CCC(=O)NCCCCC(C)C(=O)N1CCSCC1.CSCC(=O)NCCCCCC(=O)N1CCCCCC1. The minimum atomic E-state index is 0.106. The van der Waals surface area contributed by atoms with E-state index in [1.165, 1.54) is 24.6 Å². The van der Waals surface area contributed by atoms with Crippen LogP contribution < -0.4 is 10.6 Å². The van der Waals surface area contributed by atoms with E-state index in [2.05, 4.69) is 10.6 Å². The molecule has 0 saturated carbocycles. The summed E-state index contributed by atoms with van der Waals surface area (Å²) in [4.78, 5) is 50.5. The number of carbonyl (C=O) groups is 4. The number of thioether (sulfide) groups is 2. The van der Waals surface area contributed by atoms with E-state index in [4.69, 9.17) is 0 Å². The average molecular weight is 587 g/mol. The van der Waals surface area contributed by atoms with Crippen LogP contribution in [0.2, 0.25) is 0 Å². The molecule has 226 valence electrons. The smallest absolute Gasteiger partial charge is 0.229 e. The fraction of sp³-hybridized carbons (Fsp3) is 0.862. The van der Waals surface area contributed by atoms with Crippen LogP contribution in [0.4, 0.5) is 0 Å². The third kappa shape index (κ3) is 17.8. The normalized spacial score (nSPS) is 16.4. The molecule has 1 atom stereocenters. The van der Waals surface area contributed by atoms with Crippen LogP contribution in [0.5, 0.6) is 0 Å². The first kappa shape index (κ1) is 35.6. The van der Waals surface area contributed by atoms with E-state index in [1.807, 2.05) is 41.7 Å². The maximum Gasteiger partial charge on any atom is 0.229 e. The second-order valence-corrected chi connectivity index (χ2v) is 12.5. The number of hydrogen-bond donors (Lipinski definition) is 2. The molecule has 4 amide bonds. The summed E-state index contributed by atoms with van der Waals surface area (Å²) in [5.41, 5.74) is 0. The lowest BCUT2D eigenvalue weighted by atomic mass is 10.0. The molecule has 8 nitrogen and oxygen atoms in total. The Labute approximate surface area is 245 Å². The third-order valence-electron chi connectivity index (χ3n) is 7.08. The van der Waals surface area contributed by atoms with Gasteiger partial charge in [0.2, 0.25) is 23.6 Å². The molecule has 10 heteroatoms. The number of likely N-dealkylation sites (tertiary alicyclic amines) is 1. The lowest BCUT2D eigenvalue weighted by molar-refractivity contribution is -0.135. The van der Waals surface area contributed by atoms with Crippen LogP contribution in [0.1, 0.15) is 90.9 Å². The fourth-order valence-corrected chi connectivity index (χ4v) is 5.88. The molecule has 2 fully saturated rings. The Hall–Kier alpha value is -1.42. The van der Waals surface area contributed by atoms with Gasteiger partial charge < -0.3 is 20.4 Å². The Balaban J connectivity index is 0.000000391. The molecular weight excluding hydrogens is 532 g/mol. The van der Waals surface area contributed by atoms with E-state index in [-0.39, 0.29) is 17.7 Å². The highest BCUT2D eigenvalue weighted by Crippen LogP contribution is 2.16. The standard InChI is InChI=1S/C15H28N2O2S.C14H26N2O2S/c1-20-13-14(18)16-10-6-4-5-9-15(19)17-11-7-2-3-8-12-17;1-3-13(17)15-7-5-4-6-12(2)14(18)16-8-10-19-11-9-16/h2-13H2,1H3,(H,16,18);12H,3-11H2,1-2H3,(H,15,17). The van der Waals surface area contributed by atoms with Gasteiger partial charge in [0.1, 0.15) is 0 Å². The molecule has 2 aliphatic rings. The van der Waals surface area contributed by atoms with Crippen molar-refractivity contribution >= 4 is 47.2 Å². The number of unbranched alkanes of at least 4 members (excludes halogenated alkanes) is 3. The summed E-state index contributed by atoms with van der Waals surface area (Å²) in [7, 11) is 0. The Morgan fingerprint density at radius 1 is 0.795 bits per heavy atom. The largest absolute Gasteiger partial charge is 0.356 e. The monoisotopic (exact) mass is 586 g/mol. The zero-order valence-corrected chi connectivity index (χ0v) is 26.4. The maximum atomic E-state index is 12.2. The van der Waals surface area contributed by atoms with Crippen molar-refractivity contribution in [1.29, 1.82) is 0 Å². The van der Waals surface area contributed by atoms with Gasteiger partial charge in [-0.15, -0.1) is 0 Å². The second kappa shape index (κ2) is 23.3. The van der Waals surface area contributed by atoms with E-state index in [0.717, 1.165) is 102 Å². The van der Waals surface area contributed by atoms with Crippen LogP contribution in [0.15, 0.2) is 0 Å². The van der Waals surface area contributed by atoms with Gasteiger partial charge in [-0.2, -0.15) is 23.5 Å². The average Bonchev–Trinajstić information content (AvgIpc) is 3.25. The molecule has 2 saturated heterocycles. The van der Waals surface area contributed by atoms with E-state index >= 15 is 0 Å². The molecule has 0 radical (unpaired) electrons. The van der Waals surface area contributed by atoms with Gasteiger partial charge in [0.25, 0.3) is 0 Å². The minimum absolute atomic E-state index is 0.106. The summed E-state index contributed by atoms with van der Waals surface area (Å²) in [6.45, 7) is 9.04. The summed E-state index contributed by atoms with van der Waals surface area (Å²) < 4.78 is 0. The van der Waals surface area contributed by atoms with Crippen LogP contribution in [0, 0.1) is 5.92 Å². The van der Waals surface area contributed by atoms with Gasteiger partial charge in [-0.05, 0) is 44.8 Å². The van der Waals surface area contributed by atoms with Crippen molar-refractivity contribution in [3.8, 4) is 0 Å². The molecule has 0 bridgehead atoms. The first-order valence-corrected chi connectivity index (χ1v) is 17.6. The maximum absolute atomic E-state index is 12.2. The van der Waals surface area contributed by atoms with Crippen molar-refractivity contribution in [3.63, 3.8) is 0 Å². The van der Waals surface area contributed by atoms with E-state index < -0.39 is 0 Å². The van der Waals surface area contributed by atoms with Crippen LogP contribution >= 0.6 is 23.5 Å². The van der Waals surface area contributed by atoms with Crippen molar-refractivity contribution in [3.05, 3.63) is 0 Å². The summed E-state index contributed by atoms with van der Waals surface area (Å²) in [5, 5.41) is 5.75. The summed E-state index contributed by atoms with van der Waals surface area (Å²) in [6.07, 6.45) is 13.8. The molecule has 2 N–H and O–H groups in total. The van der Waals surface area contributed by atoms with E-state index in [1.54, 1.807) is 0 Å². The molecule has 39 heavy (non-hydrogen) atoms. The summed E-state index contributed by atoms with van der Waals surface area (Å²) in [6, 6.07) is 0. The zero-order valence-electron chi connectivity index (χ0n) is 24.8. The number of hydrogen-bond acceptors (Lipinski definition) is 6. The summed E-state index contributed by atoms with van der Waals surface area (Å²) in [5.74, 6) is 3.63. The lowest BCUT2D eigenvalue weighted by Gasteiger charge is -2.29. The first-order valence-electron chi connectivity index (χ1n) is 15.1. The Morgan fingerprint density at radius 2 is 1.41 bits per heavy atom. The second-order valence-electron chi connectivity index (χ2n) is 10.4. The van der Waals surface area contributed by atoms with Gasteiger partial charge in [-0.3, -0.25) is 19.2 Å².